The number of hydrogen-bond donors (Lipinski definition) is 2. The van der Waals surface area contributed by atoms with Gasteiger partial charge in [-0.3, -0.25) is 0 Å². The first-order chi connectivity index (χ1) is 7.16. The molecule has 1 saturated carbocycles. The third-order valence-electron chi connectivity index (χ3n) is 3.09. The molecule has 0 bridgehead atoms. The second kappa shape index (κ2) is 4.33. The number of nitrogens with one attached hydrogen (secondary N) is 1. The van der Waals surface area contributed by atoms with E-state index >= 15 is 0 Å². The van der Waals surface area contributed by atoms with Gasteiger partial charge in [-0.25, -0.2) is 0 Å². The van der Waals surface area contributed by atoms with Gasteiger partial charge in [-0.2, -0.15) is 0 Å². The lowest BCUT2D eigenvalue weighted by Crippen LogP contribution is -2.23. The topological polar surface area (TPSA) is 32.3 Å². The molecule has 2 rings (SSSR count). The molecular formula is C13H19NO. The van der Waals surface area contributed by atoms with Crippen molar-refractivity contribution >= 4 is 0 Å². The van der Waals surface area contributed by atoms with E-state index in [4.69, 9.17) is 0 Å². The monoisotopic (exact) mass is 205 g/mol. The molecule has 1 fully saturated rings. The molecule has 1 atom stereocenters. The van der Waals surface area contributed by atoms with E-state index in [9.17, 15) is 5.11 Å². The second-order valence-corrected chi connectivity index (χ2v) is 4.54. The fourth-order valence-corrected chi connectivity index (χ4v) is 1.66. The van der Waals surface area contributed by atoms with Crippen molar-refractivity contribution in [3.05, 3.63) is 34.9 Å². The Morgan fingerprint density at radius 3 is 2.67 bits per heavy atom. The summed E-state index contributed by atoms with van der Waals surface area (Å²) in [6.45, 7) is 4.85. The summed E-state index contributed by atoms with van der Waals surface area (Å²) in [7, 11) is 0. The Morgan fingerprint density at radius 1 is 1.33 bits per heavy atom. The van der Waals surface area contributed by atoms with Crippen LogP contribution in [-0.4, -0.2) is 17.7 Å². The van der Waals surface area contributed by atoms with E-state index in [0.29, 0.717) is 12.6 Å². The van der Waals surface area contributed by atoms with Crippen molar-refractivity contribution in [2.45, 2.75) is 38.8 Å². The van der Waals surface area contributed by atoms with Crippen molar-refractivity contribution in [2.24, 2.45) is 0 Å². The van der Waals surface area contributed by atoms with Crippen LogP contribution in [0.15, 0.2) is 18.2 Å². The van der Waals surface area contributed by atoms with E-state index < -0.39 is 0 Å². The van der Waals surface area contributed by atoms with E-state index in [1.165, 1.54) is 24.0 Å². The summed E-state index contributed by atoms with van der Waals surface area (Å²) in [6, 6.07) is 6.83. The number of aryl methyl sites for hydroxylation is 2. The number of aliphatic hydroxyl groups excluding tert-OH is 1. The van der Waals surface area contributed by atoms with E-state index in [1.807, 2.05) is 6.07 Å². The molecule has 82 valence electrons. The Balaban J connectivity index is 1.97. The van der Waals surface area contributed by atoms with Crippen molar-refractivity contribution in [1.29, 1.82) is 0 Å². The van der Waals surface area contributed by atoms with Crippen molar-refractivity contribution in [3.8, 4) is 0 Å². The van der Waals surface area contributed by atoms with E-state index in [1.54, 1.807) is 0 Å². The van der Waals surface area contributed by atoms with Crippen LogP contribution in [0.3, 0.4) is 0 Å². The highest BCUT2D eigenvalue weighted by molar-refractivity contribution is 5.31. The number of hydrogen-bond acceptors (Lipinski definition) is 2. The molecule has 0 heterocycles. The molecule has 2 N–H and O–H groups in total. The van der Waals surface area contributed by atoms with Gasteiger partial charge >= 0.3 is 0 Å². The van der Waals surface area contributed by atoms with E-state index in [0.717, 1.165) is 5.56 Å². The van der Waals surface area contributed by atoms with Crippen LogP contribution in [0.4, 0.5) is 0 Å². The lowest BCUT2D eigenvalue weighted by molar-refractivity contribution is 0.174. The quantitative estimate of drug-likeness (QED) is 0.789. The molecule has 0 amide bonds. The lowest BCUT2D eigenvalue weighted by atomic mass is 10.0. The highest BCUT2D eigenvalue weighted by atomic mass is 16.3. The maximum absolute atomic E-state index is 9.95. The first-order valence-corrected chi connectivity index (χ1v) is 5.65. The summed E-state index contributed by atoms with van der Waals surface area (Å²) in [5, 5.41) is 13.3. The minimum atomic E-state index is -0.370. The van der Waals surface area contributed by atoms with Crippen LogP contribution in [0.2, 0.25) is 0 Å². The minimum absolute atomic E-state index is 0.370. The summed E-state index contributed by atoms with van der Waals surface area (Å²) in [5.74, 6) is 0. The molecule has 0 aromatic heterocycles. The third kappa shape index (κ3) is 2.80. The third-order valence-corrected chi connectivity index (χ3v) is 3.09. The lowest BCUT2D eigenvalue weighted by Gasteiger charge is -2.13. The first-order valence-electron chi connectivity index (χ1n) is 5.65. The minimum Gasteiger partial charge on any atom is -0.387 e. The van der Waals surface area contributed by atoms with Crippen molar-refractivity contribution < 1.29 is 5.11 Å². The summed E-state index contributed by atoms with van der Waals surface area (Å²) < 4.78 is 0. The van der Waals surface area contributed by atoms with Gasteiger partial charge in [0.1, 0.15) is 0 Å². The average Bonchev–Trinajstić information content (AvgIpc) is 3.02. The zero-order valence-corrected chi connectivity index (χ0v) is 9.46. The summed E-state index contributed by atoms with van der Waals surface area (Å²) in [6.07, 6.45) is 2.16. The van der Waals surface area contributed by atoms with E-state index in [2.05, 4.69) is 31.3 Å². The SMILES string of the molecule is Cc1ccc([C@H](O)CNC2CC2)cc1C. The molecule has 0 saturated heterocycles. The van der Waals surface area contributed by atoms with Gasteiger partial charge in [0.05, 0.1) is 6.10 Å². The zero-order chi connectivity index (χ0) is 10.8. The van der Waals surface area contributed by atoms with Crippen LogP contribution < -0.4 is 5.32 Å². The standard InChI is InChI=1S/C13H19NO/c1-9-3-4-11(7-10(9)2)13(15)8-14-12-5-6-12/h3-4,7,12-15H,5-6,8H2,1-2H3/t13-/m1/s1. The average molecular weight is 205 g/mol. The van der Waals surface area contributed by atoms with E-state index in [-0.39, 0.29) is 6.10 Å². The van der Waals surface area contributed by atoms with Crippen LogP contribution in [-0.2, 0) is 0 Å². The molecule has 2 heteroatoms. The molecule has 0 aliphatic heterocycles. The molecule has 0 spiro atoms. The Hall–Kier alpha value is -0.860. The number of aliphatic hydroxyl groups is 1. The van der Waals surface area contributed by atoms with Gasteiger partial charge in [0.2, 0.25) is 0 Å². The highest BCUT2D eigenvalue weighted by Crippen LogP contribution is 2.21. The number of rotatable bonds is 4. The van der Waals surface area contributed by atoms with Gasteiger partial charge in [0.15, 0.2) is 0 Å². The second-order valence-electron chi connectivity index (χ2n) is 4.54. The summed E-state index contributed by atoms with van der Waals surface area (Å²) in [4.78, 5) is 0. The highest BCUT2D eigenvalue weighted by Gasteiger charge is 2.21. The largest absolute Gasteiger partial charge is 0.387 e. The molecule has 1 aliphatic rings. The van der Waals surface area contributed by atoms with Gasteiger partial charge in [0.25, 0.3) is 0 Å². The number of benzene rings is 1. The van der Waals surface area contributed by atoms with Crippen LogP contribution >= 0.6 is 0 Å². The molecular weight excluding hydrogens is 186 g/mol. The zero-order valence-electron chi connectivity index (χ0n) is 9.46. The Morgan fingerprint density at radius 2 is 2.07 bits per heavy atom. The molecule has 15 heavy (non-hydrogen) atoms. The predicted octanol–water partition coefficient (Wildman–Crippen LogP) is 2.09. The smallest absolute Gasteiger partial charge is 0.0914 e. The van der Waals surface area contributed by atoms with Gasteiger partial charge in [-0.1, -0.05) is 18.2 Å². The van der Waals surface area contributed by atoms with Gasteiger partial charge in [-0.15, -0.1) is 0 Å². The molecule has 2 nitrogen and oxygen atoms in total. The predicted molar refractivity (Wildman–Crippen MR) is 61.9 cm³/mol. The van der Waals surface area contributed by atoms with Gasteiger partial charge in [0, 0.05) is 12.6 Å². The maximum Gasteiger partial charge on any atom is 0.0914 e. The molecule has 0 unspecified atom stereocenters. The summed E-state index contributed by atoms with van der Waals surface area (Å²) >= 11 is 0. The van der Waals surface area contributed by atoms with Gasteiger partial charge in [-0.05, 0) is 43.4 Å². The van der Waals surface area contributed by atoms with Crippen molar-refractivity contribution in [3.63, 3.8) is 0 Å². The van der Waals surface area contributed by atoms with Crippen LogP contribution in [0.5, 0.6) is 0 Å². The van der Waals surface area contributed by atoms with Crippen LogP contribution in [0.1, 0.15) is 35.6 Å². The normalized spacial score (nSPS) is 17.8. The Bertz CT molecular complexity index is 344. The Kier molecular flexibility index (Phi) is 3.08. The molecule has 1 aromatic carbocycles. The summed E-state index contributed by atoms with van der Waals surface area (Å²) in [5.41, 5.74) is 3.55. The molecule has 1 aliphatic carbocycles. The first kappa shape index (κ1) is 10.7. The van der Waals surface area contributed by atoms with Crippen LogP contribution in [0.25, 0.3) is 0 Å². The van der Waals surface area contributed by atoms with Crippen molar-refractivity contribution in [2.75, 3.05) is 6.54 Å². The Labute approximate surface area is 91.3 Å². The maximum atomic E-state index is 9.95. The van der Waals surface area contributed by atoms with Gasteiger partial charge < -0.3 is 10.4 Å². The van der Waals surface area contributed by atoms with Crippen LogP contribution in [0, 0.1) is 13.8 Å². The molecule has 1 aromatic rings. The molecule has 0 radical (unpaired) electrons. The fourth-order valence-electron chi connectivity index (χ4n) is 1.66. The fraction of sp³-hybridized carbons (Fsp3) is 0.538. The van der Waals surface area contributed by atoms with Crippen molar-refractivity contribution in [1.82, 2.24) is 5.32 Å².